The Balaban J connectivity index is 1.84. The first kappa shape index (κ1) is 19.8. The normalized spacial score (nSPS) is 13.9. The number of hydrogen-bond acceptors (Lipinski definition) is 8. The van der Waals surface area contributed by atoms with Crippen molar-refractivity contribution < 1.29 is 4.74 Å². The minimum atomic E-state index is -0.258. The number of fused-ring (bicyclic) bond motifs is 1. The van der Waals surface area contributed by atoms with E-state index in [9.17, 15) is 4.79 Å². The van der Waals surface area contributed by atoms with E-state index < -0.39 is 0 Å². The number of anilines is 1. The van der Waals surface area contributed by atoms with Crippen molar-refractivity contribution in [2.24, 2.45) is 7.05 Å². The van der Waals surface area contributed by atoms with E-state index in [0.29, 0.717) is 23.7 Å². The first-order chi connectivity index (χ1) is 14.5. The molecule has 3 aromatic rings. The molecule has 10 nitrogen and oxygen atoms in total. The Morgan fingerprint density at radius 1 is 1.13 bits per heavy atom. The van der Waals surface area contributed by atoms with E-state index in [4.69, 9.17) is 4.74 Å². The quantitative estimate of drug-likeness (QED) is 0.632. The van der Waals surface area contributed by atoms with Gasteiger partial charge in [0.1, 0.15) is 0 Å². The highest BCUT2D eigenvalue weighted by atomic mass is 16.5. The Morgan fingerprint density at radius 3 is 2.50 bits per heavy atom. The highest BCUT2D eigenvalue weighted by Gasteiger charge is 2.23. The molecule has 0 aromatic carbocycles. The zero-order valence-corrected chi connectivity index (χ0v) is 17.6. The molecule has 0 bridgehead atoms. The fraction of sp³-hybridized carbons (Fsp3) is 0.450. The summed E-state index contributed by atoms with van der Waals surface area (Å²) in [6, 6.07) is 2.09. The molecule has 4 rings (SSSR count). The summed E-state index contributed by atoms with van der Waals surface area (Å²) in [5.74, 6) is 6.62. The van der Waals surface area contributed by atoms with Crippen molar-refractivity contribution in [1.82, 2.24) is 34.4 Å². The summed E-state index contributed by atoms with van der Waals surface area (Å²) >= 11 is 0. The van der Waals surface area contributed by atoms with Gasteiger partial charge in [0.15, 0.2) is 11.2 Å². The molecule has 1 aliphatic rings. The molecule has 0 saturated carbocycles. The maximum Gasteiger partial charge on any atom is 0.324 e. The Bertz CT molecular complexity index is 1190. The van der Waals surface area contributed by atoms with E-state index in [1.807, 2.05) is 24.5 Å². The van der Waals surface area contributed by atoms with Crippen LogP contribution in [0, 0.1) is 25.7 Å². The fourth-order valence-electron chi connectivity index (χ4n) is 3.46. The van der Waals surface area contributed by atoms with Crippen LogP contribution in [0.3, 0.4) is 0 Å². The van der Waals surface area contributed by atoms with Crippen LogP contribution in [-0.4, -0.2) is 55.2 Å². The van der Waals surface area contributed by atoms with Crippen LogP contribution in [0.2, 0.25) is 0 Å². The lowest BCUT2D eigenvalue weighted by molar-refractivity contribution is 0.383. The topological polar surface area (TPSA) is 103 Å². The van der Waals surface area contributed by atoms with Crippen LogP contribution >= 0.6 is 0 Å². The van der Waals surface area contributed by atoms with Gasteiger partial charge in [0.2, 0.25) is 5.95 Å². The lowest BCUT2D eigenvalue weighted by atomic mass is 10.4. The Kier molecular flexibility index (Phi) is 5.37. The van der Waals surface area contributed by atoms with E-state index in [1.54, 1.807) is 14.0 Å². The van der Waals surface area contributed by atoms with E-state index in [-0.39, 0.29) is 17.6 Å². The van der Waals surface area contributed by atoms with Crippen molar-refractivity contribution in [3.05, 3.63) is 27.8 Å². The molecule has 0 aliphatic carbocycles. The molecule has 1 aliphatic heterocycles. The number of nitrogens with one attached hydrogen (secondary N) is 1. The molecule has 3 aromatic heterocycles. The first-order valence-corrected chi connectivity index (χ1v) is 9.80. The maximum absolute atomic E-state index is 13.2. The summed E-state index contributed by atoms with van der Waals surface area (Å²) in [5.41, 5.74) is 2.01. The van der Waals surface area contributed by atoms with Crippen LogP contribution in [0.15, 0.2) is 10.9 Å². The summed E-state index contributed by atoms with van der Waals surface area (Å²) in [4.78, 5) is 33.1. The Morgan fingerprint density at radius 2 is 1.83 bits per heavy atom. The van der Waals surface area contributed by atoms with Crippen molar-refractivity contribution in [2.45, 2.75) is 27.3 Å². The molecule has 4 heterocycles. The number of rotatable bonds is 4. The number of piperazine rings is 1. The number of hydrogen-bond donors (Lipinski definition) is 1. The van der Waals surface area contributed by atoms with Crippen LogP contribution in [0.5, 0.6) is 12.0 Å². The van der Waals surface area contributed by atoms with E-state index >= 15 is 0 Å². The molecule has 0 spiro atoms. The van der Waals surface area contributed by atoms with Crippen LogP contribution < -0.4 is 20.5 Å². The third-order valence-corrected chi connectivity index (χ3v) is 4.88. The maximum atomic E-state index is 13.2. The second kappa shape index (κ2) is 8.12. The molecule has 0 atom stereocenters. The molecular formula is C20H24N8O2. The van der Waals surface area contributed by atoms with Gasteiger partial charge in [-0.2, -0.15) is 9.97 Å². The molecule has 0 amide bonds. The number of aryl methyl sites for hydroxylation is 2. The molecule has 1 N–H and O–H groups in total. The van der Waals surface area contributed by atoms with Gasteiger partial charge in [-0.3, -0.25) is 13.9 Å². The number of nitrogens with zero attached hydrogens (tertiary/aromatic N) is 7. The minimum absolute atomic E-state index is 0.0931. The summed E-state index contributed by atoms with van der Waals surface area (Å²) in [6.07, 6.45) is 0. The lowest BCUT2D eigenvalue weighted by Gasteiger charge is -2.28. The van der Waals surface area contributed by atoms with Crippen molar-refractivity contribution in [3.8, 4) is 23.9 Å². The zero-order chi connectivity index (χ0) is 21.3. The van der Waals surface area contributed by atoms with Gasteiger partial charge in [0, 0.05) is 44.6 Å². The third-order valence-electron chi connectivity index (χ3n) is 4.88. The predicted octanol–water partition coefficient (Wildman–Crippen LogP) is 0.762. The predicted molar refractivity (Wildman–Crippen MR) is 113 cm³/mol. The van der Waals surface area contributed by atoms with Gasteiger partial charge in [0.25, 0.3) is 5.56 Å². The minimum Gasteiger partial charge on any atom is -0.390 e. The molecule has 156 valence electrons. The van der Waals surface area contributed by atoms with E-state index in [0.717, 1.165) is 37.6 Å². The van der Waals surface area contributed by atoms with Crippen LogP contribution in [0.1, 0.15) is 18.3 Å². The highest BCUT2D eigenvalue weighted by Crippen LogP contribution is 2.23. The summed E-state index contributed by atoms with van der Waals surface area (Å²) in [6.45, 7) is 9.14. The average Bonchev–Trinajstić information content (AvgIpc) is 3.08. The molecule has 10 heteroatoms. The van der Waals surface area contributed by atoms with Gasteiger partial charge in [-0.15, -0.1) is 5.92 Å². The fourth-order valence-corrected chi connectivity index (χ4v) is 3.46. The van der Waals surface area contributed by atoms with Crippen LogP contribution in [-0.2, 0) is 13.6 Å². The average molecular weight is 408 g/mol. The second-order valence-electron chi connectivity index (χ2n) is 7.13. The SMILES string of the molecule is CC#CCn1c(N2CCNCC2)nc2nc(Oc3nc(C)cc(C)n3)n(C)c(=O)c21. The smallest absolute Gasteiger partial charge is 0.324 e. The second-order valence-corrected chi connectivity index (χ2v) is 7.13. The number of aromatic nitrogens is 6. The van der Waals surface area contributed by atoms with Gasteiger partial charge in [-0.1, -0.05) is 5.92 Å². The van der Waals surface area contributed by atoms with Crippen LogP contribution in [0.4, 0.5) is 5.95 Å². The van der Waals surface area contributed by atoms with Crippen molar-refractivity contribution in [1.29, 1.82) is 0 Å². The van der Waals surface area contributed by atoms with E-state index in [1.165, 1.54) is 4.57 Å². The summed E-state index contributed by atoms with van der Waals surface area (Å²) in [5, 5.41) is 3.32. The van der Waals surface area contributed by atoms with Gasteiger partial charge in [-0.05, 0) is 26.8 Å². The molecule has 0 radical (unpaired) electrons. The molecule has 0 unspecified atom stereocenters. The standard InChI is InChI=1S/C20H24N8O2/c1-5-6-9-28-15-16(24-19(28)27-10-7-21-8-11-27)25-20(26(4)17(15)29)30-18-22-13(2)12-14(3)23-18/h12,21H,7-11H2,1-4H3. The first-order valence-electron chi connectivity index (χ1n) is 9.80. The van der Waals surface area contributed by atoms with Crippen molar-refractivity contribution >= 4 is 17.1 Å². The largest absolute Gasteiger partial charge is 0.390 e. The zero-order valence-electron chi connectivity index (χ0n) is 17.6. The van der Waals surface area contributed by atoms with Gasteiger partial charge in [-0.25, -0.2) is 9.97 Å². The molecule has 1 saturated heterocycles. The third kappa shape index (κ3) is 3.71. The Labute approximate surface area is 173 Å². The number of imidazole rings is 1. The highest BCUT2D eigenvalue weighted by molar-refractivity contribution is 5.74. The van der Waals surface area contributed by atoms with Crippen molar-refractivity contribution in [2.75, 3.05) is 31.1 Å². The lowest BCUT2D eigenvalue weighted by Crippen LogP contribution is -2.44. The monoisotopic (exact) mass is 408 g/mol. The molecule has 1 fully saturated rings. The van der Waals surface area contributed by atoms with Gasteiger partial charge < -0.3 is 15.0 Å². The number of ether oxygens (including phenoxy) is 1. The Hall–Kier alpha value is -3.45. The van der Waals surface area contributed by atoms with Gasteiger partial charge >= 0.3 is 12.0 Å². The summed E-state index contributed by atoms with van der Waals surface area (Å²) in [7, 11) is 1.61. The van der Waals surface area contributed by atoms with E-state index in [2.05, 4.69) is 42.0 Å². The van der Waals surface area contributed by atoms with Gasteiger partial charge in [0.05, 0.1) is 6.54 Å². The van der Waals surface area contributed by atoms with Crippen molar-refractivity contribution in [3.63, 3.8) is 0 Å². The molecular weight excluding hydrogens is 384 g/mol. The molecule has 30 heavy (non-hydrogen) atoms. The van der Waals surface area contributed by atoms with Crippen LogP contribution in [0.25, 0.3) is 11.2 Å². The summed E-state index contributed by atoms with van der Waals surface area (Å²) < 4.78 is 8.95.